The molecule has 2 heterocycles. The Labute approximate surface area is 121 Å². The van der Waals surface area contributed by atoms with Gasteiger partial charge in [-0.1, -0.05) is 30.3 Å². The molecule has 0 aromatic heterocycles. The van der Waals surface area contributed by atoms with Crippen molar-refractivity contribution in [2.24, 2.45) is 0 Å². The largest absolute Gasteiger partial charge is 0.347 e. The summed E-state index contributed by atoms with van der Waals surface area (Å²) in [7, 11) is 0. The van der Waals surface area contributed by atoms with Crippen molar-refractivity contribution < 1.29 is 9.47 Å². The van der Waals surface area contributed by atoms with E-state index in [0.717, 1.165) is 32.5 Å². The minimum Gasteiger partial charge on any atom is -0.347 e. The summed E-state index contributed by atoms with van der Waals surface area (Å²) in [5.41, 5.74) is 1.44. The molecule has 3 heteroatoms. The molecule has 3 rings (SSSR count). The predicted octanol–water partition coefficient (Wildman–Crippen LogP) is 2.85. The third-order valence-corrected chi connectivity index (χ3v) is 4.40. The summed E-state index contributed by atoms with van der Waals surface area (Å²) in [6.07, 6.45) is 4.70. The normalized spacial score (nSPS) is 26.1. The van der Waals surface area contributed by atoms with Gasteiger partial charge in [-0.25, -0.2) is 0 Å². The average Bonchev–Trinajstić information content (AvgIpc) is 2.84. The van der Waals surface area contributed by atoms with Gasteiger partial charge < -0.3 is 14.4 Å². The minimum atomic E-state index is -0.255. The highest BCUT2D eigenvalue weighted by Gasteiger charge is 2.42. The van der Waals surface area contributed by atoms with E-state index >= 15 is 0 Å². The molecule has 20 heavy (non-hydrogen) atoms. The Kier molecular flexibility index (Phi) is 4.39. The SMILES string of the molecule is C[C@@H]1COC2(CCN(CCCc3ccccc3)CC2)O1. The summed E-state index contributed by atoms with van der Waals surface area (Å²) in [5, 5.41) is 0. The van der Waals surface area contributed by atoms with Crippen LogP contribution in [0.2, 0.25) is 0 Å². The van der Waals surface area contributed by atoms with Crippen molar-refractivity contribution in [2.75, 3.05) is 26.2 Å². The zero-order chi connectivity index (χ0) is 13.8. The first-order valence-corrected chi connectivity index (χ1v) is 7.84. The van der Waals surface area contributed by atoms with Crippen LogP contribution in [0.3, 0.4) is 0 Å². The predicted molar refractivity (Wildman–Crippen MR) is 79.7 cm³/mol. The fourth-order valence-electron chi connectivity index (χ4n) is 3.23. The number of piperidine rings is 1. The highest BCUT2D eigenvalue weighted by atomic mass is 16.7. The van der Waals surface area contributed by atoms with Gasteiger partial charge in [-0.3, -0.25) is 0 Å². The van der Waals surface area contributed by atoms with E-state index in [-0.39, 0.29) is 11.9 Å². The van der Waals surface area contributed by atoms with E-state index < -0.39 is 0 Å². The summed E-state index contributed by atoms with van der Waals surface area (Å²) in [5.74, 6) is -0.255. The minimum absolute atomic E-state index is 0.255. The zero-order valence-electron chi connectivity index (χ0n) is 12.4. The lowest BCUT2D eigenvalue weighted by molar-refractivity contribution is -0.193. The number of ether oxygens (including phenoxy) is 2. The first-order valence-electron chi connectivity index (χ1n) is 7.84. The number of benzene rings is 1. The lowest BCUT2D eigenvalue weighted by Gasteiger charge is -2.37. The summed E-state index contributed by atoms with van der Waals surface area (Å²) < 4.78 is 11.8. The molecule has 2 aliphatic rings. The van der Waals surface area contributed by atoms with Gasteiger partial charge in [0.05, 0.1) is 12.7 Å². The molecular weight excluding hydrogens is 250 g/mol. The summed E-state index contributed by atoms with van der Waals surface area (Å²) in [6, 6.07) is 10.8. The Hall–Kier alpha value is -0.900. The third-order valence-electron chi connectivity index (χ3n) is 4.40. The van der Waals surface area contributed by atoms with Crippen LogP contribution >= 0.6 is 0 Å². The van der Waals surface area contributed by atoms with Crippen LogP contribution in [0.5, 0.6) is 0 Å². The number of rotatable bonds is 4. The molecule has 2 aliphatic heterocycles. The number of hydrogen-bond donors (Lipinski definition) is 0. The van der Waals surface area contributed by atoms with Crippen molar-refractivity contribution in [1.29, 1.82) is 0 Å². The lowest BCUT2D eigenvalue weighted by atomic mass is 10.0. The lowest BCUT2D eigenvalue weighted by Crippen LogP contribution is -2.45. The second kappa shape index (κ2) is 6.25. The van der Waals surface area contributed by atoms with E-state index in [1.807, 2.05) is 0 Å². The van der Waals surface area contributed by atoms with Crippen LogP contribution in [-0.2, 0) is 15.9 Å². The maximum Gasteiger partial charge on any atom is 0.171 e. The Balaban J connectivity index is 1.39. The van der Waals surface area contributed by atoms with Crippen LogP contribution < -0.4 is 0 Å². The summed E-state index contributed by atoms with van der Waals surface area (Å²) >= 11 is 0. The number of likely N-dealkylation sites (tertiary alicyclic amines) is 1. The molecule has 0 bridgehead atoms. The summed E-state index contributed by atoms with van der Waals surface area (Å²) in [6.45, 7) is 6.23. The van der Waals surface area contributed by atoms with Gasteiger partial charge in [0.15, 0.2) is 5.79 Å². The molecule has 3 nitrogen and oxygen atoms in total. The van der Waals surface area contributed by atoms with Crippen LogP contribution in [0.1, 0.15) is 31.7 Å². The van der Waals surface area contributed by atoms with Gasteiger partial charge in [-0.2, -0.15) is 0 Å². The molecule has 0 radical (unpaired) electrons. The van der Waals surface area contributed by atoms with Crippen LogP contribution in [0.4, 0.5) is 0 Å². The van der Waals surface area contributed by atoms with Crippen LogP contribution in [-0.4, -0.2) is 43.0 Å². The van der Waals surface area contributed by atoms with Gasteiger partial charge in [0.25, 0.3) is 0 Å². The Bertz CT molecular complexity index is 412. The highest BCUT2D eigenvalue weighted by Crippen LogP contribution is 2.33. The Morgan fingerprint density at radius 1 is 1.20 bits per heavy atom. The number of hydrogen-bond acceptors (Lipinski definition) is 3. The standard InChI is InChI=1S/C17H25NO2/c1-15-14-19-17(20-15)9-12-18(13-10-17)11-5-8-16-6-3-2-4-7-16/h2-4,6-7,15H,5,8-14H2,1H3/t15-/m1/s1. The van der Waals surface area contributed by atoms with E-state index in [2.05, 4.69) is 42.2 Å². The fourth-order valence-corrected chi connectivity index (χ4v) is 3.23. The van der Waals surface area contributed by atoms with Crippen LogP contribution in [0, 0.1) is 0 Å². The van der Waals surface area contributed by atoms with E-state index in [1.54, 1.807) is 0 Å². The monoisotopic (exact) mass is 275 g/mol. The van der Waals surface area contributed by atoms with Crippen molar-refractivity contribution in [2.45, 2.75) is 44.5 Å². The Morgan fingerprint density at radius 3 is 2.60 bits per heavy atom. The molecule has 0 unspecified atom stereocenters. The fraction of sp³-hybridized carbons (Fsp3) is 0.647. The van der Waals surface area contributed by atoms with Crippen molar-refractivity contribution >= 4 is 0 Å². The molecule has 0 amide bonds. The van der Waals surface area contributed by atoms with Gasteiger partial charge in [0, 0.05) is 25.9 Å². The molecule has 1 aromatic carbocycles. The molecule has 0 aliphatic carbocycles. The van der Waals surface area contributed by atoms with Crippen LogP contribution in [0.15, 0.2) is 30.3 Å². The molecular formula is C17H25NO2. The quantitative estimate of drug-likeness (QED) is 0.843. The second-order valence-electron chi connectivity index (χ2n) is 6.08. The topological polar surface area (TPSA) is 21.7 Å². The highest BCUT2D eigenvalue weighted by molar-refractivity contribution is 5.14. The molecule has 0 N–H and O–H groups in total. The summed E-state index contributed by atoms with van der Waals surface area (Å²) in [4.78, 5) is 2.55. The van der Waals surface area contributed by atoms with E-state index in [1.165, 1.54) is 24.9 Å². The van der Waals surface area contributed by atoms with E-state index in [0.29, 0.717) is 0 Å². The van der Waals surface area contributed by atoms with Crippen molar-refractivity contribution in [1.82, 2.24) is 4.90 Å². The van der Waals surface area contributed by atoms with Crippen molar-refractivity contribution in [3.8, 4) is 0 Å². The van der Waals surface area contributed by atoms with Gasteiger partial charge in [-0.05, 0) is 31.9 Å². The van der Waals surface area contributed by atoms with Crippen LogP contribution in [0.25, 0.3) is 0 Å². The van der Waals surface area contributed by atoms with Crippen molar-refractivity contribution in [3.63, 3.8) is 0 Å². The molecule has 2 saturated heterocycles. The van der Waals surface area contributed by atoms with Gasteiger partial charge in [0.1, 0.15) is 0 Å². The van der Waals surface area contributed by atoms with Gasteiger partial charge in [0.2, 0.25) is 0 Å². The van der Waals surface area contributed by atoms with Gasteiger partial charge >= 0.3 is 0 Å². The average molecular weight is 275 g/mol. The molecule has 1 atom stereocenters. The first-order chi connectivity index (χ1) is 9.76. The molecule has 110 valence electrons. The molecule has 1 spiro atoms. The molecule has 0 saturated carbocycles. The van der Waals surface area contributed by atoms with E-state index in [4.69, 9.17) is 9.47 Å². The number of nitrogens with zero attached hydrogens (tertiary/aromatic N) is 1. The van der Waals surface area contributed by atoms with E-state index in [9.17, 15) is 0 Å². The first kappa shape index (κ1) is 14.1. The molecule has 1 aromatic rings. The second-order valence-corrected chi connectivity index (χ2v) is 6.08. The number of aryl methyl sites for hydroxylation is 1. The maximum absolute atomic E-state index is 5.96. The van der Waals surface area contributed by atoms with Gasteiger partial charge in [-0.15, -0.1) is 0 Å². The Morgan fingerprint density at radius 2 is 1.95 bits per heavy atom. The third kappa shape index (κ3) is 3.40. The van der Waals surface area contributed by atoms with Crippen molar-refractivity contribution in [3.05, 3.63) is 35.9 Å². The maximum atomic E-state index is 5.96. The zero-order valence-corrected chi connectivity index (χ0v) is 12.4. The molecule has 2 fully saturated rings. The smallest absolute Gasteiger partial charge is 0.171 e.